The number of carbonyl (C=O) groups is 1. The Bertz CT molecular complexity index is 3600. The Labute approximate surface area is 485 Å². The molecular formula is C64H76N6O9S2. The maximum Gasteiger partial charge on any atom is 0.336 e. The molecule has 81 heavy (non-hydrogen) atoms. The monoisotopic (exact) mass is 1140 g/mol. The van der Waals surface area contributed by atoms with Gasteiger partial charge in [0.2, 0.25) is 0 Å². The van der Waals surface area contributed by atoms with E-state index in [1.165, 1.54) is 11.8 Å². The van der Waals surface area contributed by atoms with E-state index in [-0.39, 0.29) is 33.3 Å². The second-order valence-corrected chi connectivity index (χ2v) is 23.0. The Kier molecular flexibility index (Phi) is 20.7. The SMILES string of the molecule is C=CCn1c(=S)[nH]c2c(c1=O)C(C)(C)Cc1cc(OC)ccc1-2.C=CCn1c(SCCOC)nc2c(c1=O)C(C)(C)Cc1cc(OC)ccc1-2.CCOC(=O)C1=C(N)c2ccc(OC)cc2CC1(C)C.[C-]#[N+]c1ccc(OC)cc1C. The molecule has 0 radical (unpaired) electrons. The summed E-state index contributed by atoms with van der Waals surface area (Å²) in [4.78, 5) is 50.1. The normalized spacial score (nSPS) is 14.3. The lowest BCUT2D eigenvalue weighted by atomic mass is 9.72. The van der Waals surface area contributed by atoms with Crippen molar-refractivity contribution in [2.75, 3.05) is 54.5 Å². The molecule has 0 saturated carbocycles. The van der Waals surface area contributed by atoms with Crippen LogP contribution in [0.15, 0.2) is 118 Å². The van der Waals surface area contributed by atoms with Crippen LogP contribution in [0.25, 0.3) is 33.1 Å². The van der Waals surface area contributed by atoms with Crippen molar-refractivity contribution in [3.05, 3.63) is 180 Å². The zero-order valence-electron chi connectivity index (χ0n) is 49.0. The maximum atomic E-state index is 13.4. The number of methoxy groups -OCH3 is 5. The van der Waals surface area contributed by atoms with Gasteiger partial charge >= 0.3 is 5.97 Å². The number of nitrogens with one attached hydrogen (secondary N) is 1. The highest BCUT2D eigenvalue weighted by Crippen LogP contribution is 2.45. The topological polar surface area (TPSA) is 176 Å². The van der Waals surface area contributed by atoms with Crippen molar-refractivity contribution in [2.45, 2.75) is 104 Å². The number of aromatic amines is 1. The van der Waals surface area contributed by atoms with Gasteiger partial charge in [-0.3, -0.25) is 18.7 Å². The fraction of sp³-hybridized carbons (Fsp3) is 0.375. The Balaban J connectivity index is 0.000000181. The van der Waals surface area contributed by atoms with E-state index in [0.717, 1.165) is 109 Å². The molecule has 0 amide bonds. The first-order valence-electron chi connectivity index (χ1n) is 26.6. The number of aryl methyl sites for hydroxylation is 1. The molecule has 428 valence electrons. The average Bonchev–Trinajstić information content (AvgIpc) is 2.11. The molecule has 0 aliphatic heterocycles. The number of ether oxygens (including phenoxy) is 6. The maximum absolute atomic E-state index is 13.4. The second kappa shape index (κ2) is 26.7. The van der Waals surface area contributed by atoms with Crippen molar-refractivity contribution in [3.63, 3.8) is 0 Å². The number of fused-ring (bicyclic) bond motifs is 7. The highest BCUT2D eigenvalue weighted by Gasteiger charge is 2.39. The van der Waals surface area contributed by atoms with Crippen molar-refractivity contribution in [1.29, 1.82) is 0 Å². The zero-order chi connectivity index (χ0) is 59.6. The number of nitrogens with zero attached hydrogens (tertiary/aromatic N) is 4. The Morgan fingerprint density at radius 1 is 0.741 bits per heavy atom. The molecule has 0 unspecified atom stereocenters. The molecular weight excluding hydrogens is 1060 g/mol. The van der Waals surface area contributed by atoms with E-state index in [2.05, 4.69) is 56.7 Å². The molecule has 2 heterocycles. The highest BCUT2D eigenvalue weighted by atomic mass is 32.2. The van der Waals surface area contributed by atoms with Crippen LogP contribution < -0.4 is 35.8 Å². The van der Waals surface area contributed by atoms with Gasteiger partial charge in [0.15, 0.2) is 15.6 Å². The smallest absolute Gasteiger partial charge is 0.336 e. The summed E-state index contributed by atoms with van der Waals surface area (Å²) in [6.45, 7) is 32.2. The van der Waals surface area contributed by atoms with Crippen LogP contribution >= 0.6 is 24.0 Å². The summed E-state index contributed by atoms with van der Waals surface area (Å²) in [5.41, 5.74) is 17.5. The Morgan fingerprint density at radius 3 is 1.75 bits per heavy atom. The summed E-state index contributed by atoms with van der Waals surface area (Å²) >= 11 is 6.91. The van der Waals surface area contributed by atoms with Crippen LogP contribution in [0.2, 0.25) is 0 Å². The lowest BCUT2D eigenvalue weighted by Crippen LogP contribution is -2.38. The molecule has 6 aromatic rings. The number of aromatic nitrogens is 4. The first kappa shape index (κ1) is 62.5. The zero-order valence-corrected chi connectivity index (χ0v) is 50.6. The number of allylic oxidation sites excluding steroid dienone is 2. The summed E-state index contributed by atoms with van der Waals surface area (Å²) < 4.78 is 35.0. The fourth-order valence-electron chi connectivity index (χ4n) is 10.6. The van der Waals surface area contributed by atoms with Gasteiger partial charge in [0.05, 0.1) is 70.9 Å². The van der Waals surface area contributed by atoms with Gasteiger partial charge in [-0.25, -0.2) is 14.6 Å². The summed E-state index contributed by atoms with van der Waals surface area (Å²) in [6.07, 6.45) is 5.71. The molecule has 2 aromatic heterocycles. The molecule has 17 heteroatoms. The van der Waals surface area contributed by atoms with E-state index >= 15 is 0 Å². The number of hydrogen-bond acceptors (Lipinski definition) is 13. The fourth-order valence-corrected chi connectivity index (χ4v) is 11.7. The van der Waals surface area contributed by atoms with E-state index in [0.29, 0.717) is 53.2 Å². The average molecular weight is 1140 g/mol. The van der Waals surface area contributed by atoms with E-state index in [9.17, 15) is 14.4 Å². The van der Waals surface area contributed by atoms with Crippen molar-refractivity contribution < 1.29 is 33.2 Å². The van der Waals surface area contributed by atoms with Gasteiger partial charge in [0, 0.05) is 70.0 Å². The van der Waals surface area contributed by atoms with Crippen LogP contribution in [0.1, 0.15) is 87.4 Å². The molecule has 0 atom stereocenters. The lowest BCUT2D eigenvalue weighted by molar-refractivity contribution is -0.139. The lowest BCUT2D eigenvalue weighted by Gasteiger charge is -2.34. The van der Waals surface area contributed by atoms with E-state index in [1.807, 2.05) is 75.4 Å². The number of rotatable bonds is 14. The first-order valence-corrected chi connectivity index (χ1v) is 28.0. The number of H-pyrrole nitrogens is 1. The van der Waals surface area contributed by atoms with Crippen LogP contribution in [-0.2, 0) is 57.5 Å². The second-order valence-electron chi connectivity index (χ2n) is 21.6. The Morgan fingerprint density at radius 2 is 1.22 bits per heavy atom. The van der Waals surface area contributed by atoms with E-state index in [4.69, 9.17) is 57.9 Å². The number of thioether (sulfide) groups is 1. The van der Waals surface area contributed by atoms with Gasteiger partial charge in [-0.1, -0.05) is 71.5 Å². The largest absolute Gasteiger partial charge is 0.497 e. The Hall–Kier alpha value is -7.65. The van der Waals surface area contributed by atoms with Crippen molar-refractivity contribution >= 4 is 41.3 Å². The van der Waals surface area contributed by atoms with Gasteiger partial charge in [-0.05, 0) is 134 Å². The van der Waals surface area contributed by atoms with Crippen molar-refractivity contribution in [3.8, 4) is 45.5 Å². The van der Waals surface area contributed by atoms with Crippen LogP contribution in [0, 0.1) is 23.7 Å². The van der Waals surface area contributed by atoms with Crippen LogP contribution in [0.5, 0.6) is 23.0 Å². The van der Waals surface area contributed by atoms with Gasteiger partial charge in [-0.2, -0.15) is 0 Å². The molecule has 9 rings (SSSR count). The summed E-state index contributed by atoms with van der Waals surface area (Å²) in [6, 6.07) is 23.1. The van der Waals surface area contributed by atoms with Gasteiger partial charge in [0.1, 0.15) is 23.0 Å². The molecule has 0 spiro atoms. The summed E-state index contributed by atoms with van der Waals surface area (Å²) in [5.74, 6) is 3.65. The number of nitrogens with two attached hydrogens (primary N) is 1. The molecule has 3 aliphatic carbocycles. The van der Waals surface area contributed by atoms with Gasteiger partial charge in [0.25, 0.3) is 11.1 Å². The molecule has 15 nitrogen and oxygen atoms in total. The summed E-state index contributed by atoms with van der Waals surface area (Å²) in [5, 5.41) is 0.704. The highest BCUT2D eigenvalue weighted by molar-refractivity contribution is 7.99. The molecule has 3 N–H and O–H groups in total. The van der Waals surface area contributed by atoms with Gasteiger partial charge in [-0.15, -0.1) is 13.2 Å². The molecule has 0 saturated heterocycles. The third-order valence-corrected chi connectivity index (χ3v) is 15.7. The number of benzene rings is 4. The standard InChI is InChI=1S/C21H26N2O3S.C18H20N2O2S.C16H21NO3.C9H9NO/c1-6-9-23-19(24)17-18(22-20(23)27-11-10-25-4)16-8-7-15(26-5)12-14(16)13-21(17,2)3;1-5-8-20-16(21)14-15(19-17(20)23)13-7-6-12(22-4)9-11(13)10-18(14,2)3;1-5-20-15(18)13-14(17)12-7-6-11(19-4)8-10(12)9-16(13,2)3;1-7-6-8(11-3)4-5-9(7)10-2/h6-8,12H,1,9-11,13H2,2-5H3;5-7,9H,1,8,10H2,2-4H3,(H,19,23);6-8H,5,9,17H2,1-4H3;4-6H,1,3H3. The predicted octanol–water partition coefficient (Wildman–Crippen LogP) is 12.3. The third-order valence-electron chi connectivity index (χ3n) is 14.4. The minimum atomic E-state index is -0.351. The molecule has 4 aromatic carbocycles. The van der Waals surface area contributed by atoms with Crippen LogP contribution in [0.3, 0.4) is 0 Å². The van der Waals surface area contributed by atoms with Crippen LogP contribution in [-0.4, -0.2) is 79.6 Å². The molecule has 0 bridgehead atoms. The minimum Gasteiger partial charge on any atom is -0.497 e. The third kappa shape index (κ3) is 13.8. The van der Waals surface area contributed by atoms with Gasteiger partial charge < -0.3 is 39.1 Å². The van der Waals surface area contributed by atoms with Crippen molar-refractivity contribution in [1.82, 2.24) is 19.1 Å². The van der Waals surface area contributed by atoms with E-state index < -0.39 is 0 Å². The van der Waals surface area contributed by atoms with Crippen LogP contribution in [0.4, 0.5) is 5.69 Å². The molecule has 0 fully saturated rings. The quantitative estimate of drug-likeness (QED) is 0.0201. The number of esters is 1. The number of carbonyl (C=O) groups excluding carboxylic acids is 1. The van der Waals surface area contributed by atoms with E-state index in [1.54, 1.807) is 75.9 Å². The predicted molar refractivity (Wildman–Crippen MR) is 327 cm³/mol. The minimum absolute atomic E-state index is 0.0197. The number of hydrogen-bond donors (Lipinski definition) is 2. The first-order chi connectivity index (χ1) is 38.5. The molecule has 3 aliphatic rings. The summed E-state index contributed by atoms with van der Waals surface area (Å²) in [7, 11) is 8.25. The van der Waals surface area contributed by atoms with Crippen molar-refractivity contribution in [2.24, 2.45) is 11.1 Å².